The van der Waals surface area contributed by atoms with Crippen molar-refractivity contribution in [3.63, 3.8) is 0 Å². The largest absolute Gasteiger partial charge is 0.448 e. The maximum atomic E-state index is 6.15. The predicted molar refractivity (Wildman–Crippen MR) is 103 cm³/mol. The van der Waals surface area contributed by atoms with E-state index in [0.717, 1.165) is 21.3 Å². The standard InChI is InChI=1S/C17H12BrClN4OS/c1-25-17-21-16-14(22-23-17)12-8-10(18)4-7-13(12)20-15(24-16)9-2-5-11(19)6-3-9/h2-8,15,20H,1H3/t15-/m0/s1. The van der Waals surface area contributed by atoms with Crippen LogP contribution in [0.5, 0.6) is 5.88 Å². The number of halogens is 2. The van der Waals surface area contributed by atoms with Crippen molar-refractivity contribution < 1.29 is 4.74 Å². The maximum Gasteiger partial charge on any atom is 0.247 e. The quantitative estimate of drug-likeness (QED) is 0.560. The number of hydrogen-bond donors (Lipinski definition) is 1. The highest BCUT2D eigenvalue weighted by molar-refractivity contribution is 9.10. The van der Waals surface area contributed by atoms with Gasteiger partial charge in [0.15, 0.2) is 11.9 Å². The molecule has 0 unspecified atom stereocenters. The number of ether oxygens (including phenoxy) is 1. The van der Waals surface area contributed by atoms with Crippen LogP contribution in [0.1, 0.15) is 11.8 Å². The highest BCUT2D eigenvalue weighted by Gasteiger charge is 2.26. The number of thioether (sulfide) groups is 1. The fourth-order valence-corrected chi connectivity index (χ4v) is 3.33. The molecule has 0 saturated heterocycles. The lowest BCUT2D eigenvalue weighted by Crippen LogP contribution is -2.17. The van der Waals surface area contributed by atoms with Gasteiger partial charge in [0.1, 0.15) is 0 Å². The van der Waals surface area contributed by atoms with Crippen molar-refractivity contribution in [1.29, 1.82) is 0 Å². The summed E-state index contributed by atoms with van der Waals surface area (Å²) in [6.07, 6.45) is 1.49. The first-order chi connectivity index (χ1) is 12.1. The van der Waals surface area contributed by atoms with Gasteiger partial charge in [0.2, 0.25) is 11.0 Å². The van der Waals surface area contributed by atoms with Crippen molar-refractivity contribution in [2.75, 3.05) is 11.6 Å². The second-order valence-corrected chi connectivity index (χ2v) is 7.46. The third-order valence-corrected chi connectivity index (χ3v) is 5.03. The van der Waals surface area contributed by atoms with Gasteiger partial charge in [0.25, 0.3) is 0 Å². The Balaban J connectivity index is 1.87. The third kappa shape index (κ3) is 3.31. The first-order valence-corrected chi connectivity index (χ1v) is 9.81. The monoisotopic (exact) mass is 434 g/mol. The van der Waals surface area contributed by atoms with Gasteiger partial charge in [-0.2, -0.15) is 4.98 Å². The summed E-state index contributed by atoms with van der Waals surface area (Å²) in [5.74, 6) is 0.448. The maximum absolute atomic E-state index is 6.15. The first kappa shape index (κ1) is 16.6. The van der Waals surface area contributed by atoms with Crippen LogP contribution in [-0.2, 0) is 0 Å². The molecule has 0 spiro atoms. The van der Waals surface area contributed by atoms with Gasteiger partial charge >= 0.3 is 0 Å². The summed E-state index contributed by atoms with van der Waals surface area (Å²) in [6.45, 7) is 0. The van der Waals surface area contributed by atoms with Gasteiger partial charge in [-0.05, 0) is 36.6 Å². The van der Waals surface area contributed by atoms with E-state index >= 15 is 0 Å². The third-order valence-electron chi connectivity index (χ3n) is 3.74. The Morgan fingerprint density at radius 3 is 2.72 bits per heavy atom. The van der Waals surface area contributed by atoms with E-state index in [1.165, 1.54) is 11.8 Å². The summed E-state index contributed by atoms with van der Waals surface area (Å²) in [6, 6.07) is 13.4. The Hall–Kier alpha value is -1.83. The number of aromatic nitrogens is 3. The van der Waals surface area contributed by atoms with Crippen LogP contribution in [0.15, 0.2) is 52.1 Å². The van der Waals surface area contributed by atoms with E-state index in [1.54, 1.807) is 0 Å². The van der Waals surface area contributed by atoms with Gasteiger partial charge in [-0.15, -0.1) is 10.2 Å². The van der Waals surface area contributed by atoms with Gasteiger partial charge in [-0.1, -0.05) is 51.4 Å². The van der Waals surface area contributed by atoms with Crippen LogP contribution >= 0.6 is 39.3 Å². The molecule has 1 atom stereocenters. The van der Waals surface area contributed by atoms with Crippen LogP contribution in [0, 0.1) is 0 Å². The van der Waals surface area contributed by atoms with Crippen molar-refractivity contribution in [1.82, 2.24) is 15.2 Å². The van der Waals surface area contributed by atoms with E-state index in [4.69, 9.17) is 16.3 Å². The minimum atomic E-state index is -0.412. The molecule has 0 radical (unpaired) electrons. The number of hydrogen-bond acceptors (Lipinski definition) is 6. The Morgan fingerprint density at radius 1 is 1.16 bits per heavy atom. The van der Waals surface area contributed by atoms with Crippen LogP contribution in [0.3, 0.4) is 0 Å². The molecular weight excluding hydrogens is 424 g/mol. The summed E-state index contributed by atoms with van der Waals surface area (Å²) >= 11 is 10.9. The van der Waals surface area contributed by atoms with Crippen molar-refractivity contribution >= 4 is 45.0 Å². The molecule has 4 rings (SSSR count). The zero-order valence-corrected chi connectivity index (χ0v) is 16.2. The molecule has 5 nitrogen and oxygen atoms in total. The Labute approximate surface area is 162 Å². The zero-order valence-electron chi connectivity index (χ0n) is 13.0. The molecule has 2 aromatic carbocycles. The number of anilines is 1. The molecule has 1 aromatic heterocycles. The van der Waals surface area contributed by atoms with Gasteiger partial charge in [0, 0.05) is 26.3 Å². The molecule has 25 heavy (non-hydrogen) atoms. The highest BCUT2D eigenvalue weighted by Crippen LogP contribution is 2.40. The fourth-order valence-electron chi connectivity index (χ4n) is 2.54. The zero-order chi connectivity index (χ0) is 17.4. The van der Waals surface area contributed by atoms with Gasteiger partial charge in [-0.3, -0.25) is 0 Å². The van der Waals surface area contributed by atoms with Gasteiger partial charge in [-0.25, -0.2) is 0 Å². The molecule has 0 saturated carbocycles. The number of rotatable bonds is 2. The van der Waals surface area contributed by atoms with Crippen LogP contribution in [0.25, 0.3) is 11.3 Å². The smallest absolute Gasteiger partial charge is 0.247 e. The van der Waals surface area contributed by atoms with E-state index in [9.17, 15) is 0 Å². The first-order valence-electron chi connectivity index (χ1n) is 7.41. The van der Waals surface area contributed by atoms with Gasteiger partial charge < -0.3 is 10.1 Å². The lowest BCUT2D eigenvalue weighted by Gasteiger charge is -2.19. The molecule has 0 amide bonds. The Bertz CT molecular complexity index is 938. The number of fused-ring (bicyclic) bond motifs is 3. The average Bonchev–Trinajstić information content (AvgIpc) is 2.78. The number of benzene rings is 2. The number of nitrogens with zero attached hydrogens (tertiary/aromatic N) is 3. The van der Waals surface area contributed by atoms with Crippen molar-refractivity contribution in [2.45, 2.75) is 11.4 Å². The molecule has 1 aliphatic rings. The van der Waals surface area contributed by atoms with Crippen molar-refractivity contribution in [2.24, 2.45) is 0 Å². The van der Waals surface area contributed by atoms with Crippen molar-refractivity contribution in [3.8, 4) is 17.1 Å². The van der Waals surface area contributed by atoms with E-state index in [2.05, 4.69) is 36.4 Å². The fraction of sp³-hybridized carbons (Fsp3) is 0.118. The van der Waals surface area contributed by atoms with E-state index in [-0.39, 0.29) is 0 Å². The topological polar surface area (TPSA) is 59.9 Å². The summed E-state index contributed by atoms with van der Waals surface area (Å²) in [7, 11) is 0. The van der Waals surface area contributed by atoms with E-state index in [0.29, 0.717) is 21.8 Å². The second-order valence-electron chi connectivity index (χ2n) is 5.34. The minimum Gasteiger partial charge on any atom is -0.448 e. The molecule has 1 aliphatic heterocycles. The van der Waals surface area contributed by atoms with Gasteiger partial charge in [0.05, 0.1) is 0 Å². The van der Waals surface area contributed by atoms with E-state index < -0.39 is 6.23 Å². The molecule has 0 bridgehead atoms. The molecule has 126 valence electrons. The van der Waals surface area contributed by atoms with Crippen LogP contribution in [0.2, 0.25) is 5.02 Å². The summed E-state index contributed by atoms with van der Waals surface area (Å²) in [5, 5.41) is 13.1. The lowest BCUT2D eigenvalue weighted by atomic mass is 10.1. The Morgan fingerprint density at radius 2 is 1.96 bits per heavy atom. The molecule has 8 heteroatoms. The number of nitrogens with one attached hydrogen (secondary N) is 1. The average molecular weight is 436 g/mol. The van der Waals surface area contributed by atoms with Crippen molar-refractivity contribution in [3.05, 3.63) is 57.5 Å². The minimum absolute atomic E-state index is 0.412. The summed E-state index contributed by atoms with van der Waals surface area (Å²) in [4.78, 5) is 4.50. The van der Waals surface area contributed by atoms with E-state index in [1.807, 2.05) is 48.7 Å². The molecule has 1 N–H and O–H groups in total. The Kier molecular flexibility index (Phi) is 4.54. The predicted octanol–water partition coefficient (Wildman–Crippen LogP) is 5.18. The molecular formula is C17H12BrClN4OS. The van der Waals surface area contributed by atoms with Crippen LogP contribution < -0.4 is 10.1 Å². The summed E-state index contributed by atoms with van der Waals surface area (Å²) in [5.41, 5.74) is 3.33. The van der Waals surface area contributed by atoms with Crippen LogP contribution in [-0.4, -0.2) is 21.4 Å². The molecule has 0 aliphatic carbocycles. The second kappa shape index (κ2) is 6.82. The molecule has 2 heterocycles. The lowest BCUT2D eigenvalue weighted by molar-refractivity contribution is 0.225. The molecule has 3 aromatic rings. The summed E-state index contributed by atoms with van der Waals surface area (Å²) < 4.78 is 7.10. The molecule has 0 fully saturated rings. The normalized spacial score (nSPS) is 15.4. The SMILES string of the molecule is CSc1nnc2c(n1)O[C@@H](c1ccc(Cl)cc1)Nc1ccc(Br)cc1-2. The highest BCUT2D eigenvalue weighted by atomic mass is 79.9. The van der Waals surface area contributed by atoms with Crippen LogP contribution in [0.4, 0.5) is 5.69 Å².